The molecule has 0 bridgehead atoms. The molecule has 1 heterocycles. The molecule has 0 aliphatic carbocycles. The minimum atomic E-state index is -1.35. The van der Waals surface area contributed by atoms with Crippen LogP contribution in [0.2, 0.25) is 19.6 Å². The van der Waals surface area contributed by atoms with Gasteiger partial charge in [-0.1, -0.05) is 0 Å². The third kappa shape index (κ3) is 2.81. The molecule has 0 radical (unpaired) electrons. The molecule has 0 spiro atoms. The zero-order valence-corrected chi connectivity index (χ0v) is 8.02. The summed E-state index contributed by atoms with van der Waals surface area (Å²) in [7, 11) is -1.35. The SMILES string of the molecule is C[Si](C)(C)OC1CCCO1. The van der Waals surface area contributed by atoms with Gasteiger partial charge in [0.1, 0.15) is 6.29 Å². The van der Waals surface area contributed by atoms with Gasteiger partial charge < -0.3 is 9.16 Å². The summed E-state index contributed by atoms with van der Waals surface area (Å²) in [5, 5.41) is 0. The van der Waals surface area contributed by atoms with Crippen molar-refractivity contribution in [1.82, 2.24) is 0 Å². The van der Waals surface area contributed by atoms with Crippen LogP contribution >= 0.6 is 0 Å². The van der Waals surface area contributed by atoms with Gasteiger partial charge in [-0.15, -0.1) is 0 Å². The van der Waals surface area contributed by atoms with Gasteiger partial charge in [-0.05, 0) is 32.5 Å². The van der Waals surface area contributed by atoms with E-state index in [4.69, 9.17) is 9.16 Å². The molecule has 1 atom stereocenters. The van der Waals surface area contributed by atoms with Crippen LogP contribution in [0.5, 0.6) is 0 Å². The Bertz CT molecular complexity index is 103. The summed E-state index contributed by atoms with van der Waals surface area (Å²) in [6, 6.07) is 0. The highest BCUT2D eigenvalue weighted by Crippen LogP contribution is 2.17. The maximum atomic E-state index is 5.72. The minimum absolute atomic E-state index is 0.117. The van der Waals surface area contributed by atoms with Gasteiger partial charge >= 0.3 is 0 Å². The fraction of sp³-hybridized carbons (Fsp3) is 1.00. The highest BCUT2D eigenvalue weighted by Gasteiger charge is 2.23. The third-order valence-corrected chi connectivity index (χ3v) is 2.34. The number of rotatable bonds is 2. The molecule has 1 aliphatic rings. The maximum Gasteiger partial charge on any atom is 0.187 e. The van der Waals surface area contributed by atoms with Gasteiger partial charge in [0.15, 0.2) is 8.32 Å². The highest BCUT2D eigenvalue weighted by atomic mass is 28.4. The Balaban J connectivity index is 2.24. The van der Waals surface area contributed by atoms with Crippen LogP contribution in [-0.2, 0) is 9.16 Å². The van der Waals surface area contributed by atoms with Crippen molar-refractivity contribution in [3.8, 4) is 0 Å². The topological polar surface area (TPSA) is 18.5 Å². The van der Waals surface area contributed by atoms with Crippen molar-refractivity contribution < 1.29 is 9.16 Å². The monoisotopic (exact) mass is 160 g/mol. The summed E-state index contributed by atoms with van der Waals surface area (Å²) in [6.45, 7) is 7.45. The van der Waals surface area contributed by atoms with Gasteiger partial charge in [0.25, 0.3) is 0 Å². The van der Waals surface area contributed by atoms with E-state index in [0.717, 1.165) is 19.4 Å². The van der Waals surface area contributed by atoms with Crippen molar-refractivity contribution in [2.24, 2.45) is 0 Å². The van der Waals surface area contributed by atoms with Crippen molar-refractivity contribution in [2.75, 3.05) is 6.61 Å². The van der Waals surface area contributed by atoms with E-state index in [1.807, 2.05) is 0 Å². The Labute approximate surface area is 63.7 Å². The lowest BCUT2D eigenvalue weighted by Gasteiger charge is -2.21. The van der Waals surface area contributed by atoms with E-state index in [1.54, 1.807) is 0 Å². The van der Waals surface area contributed by atoms with Crippen LogP contribution in [0.1, 0.15) is 12.8 Å². The van der Waals surface area contributed by atoms with Gasteiger partial charge in [0.2, 0.25) is 0 Å². The second kappa shape index (κ2) is 3.03. The Morgan fingerprint density at radius 3 is 2.50 bits per heavy atom. The minimum Gasteiger partial charge on any atom is -0.393 e. The van der Waals surface area contributed by atoms with Crippen LogP contribution in [0, 0.1) is 0 Å². The molecule has 1 fully saturated rings. The average Bonchev–Trinajstić information content (AvgIpc) is 2.12. The summed E-state index contributed by atoms with van der Waals surface area (Å²) in [6.07, 6.45) is 2.37. The molecule has 60 valence electrons. The average molecular weight is 160 g/mol. The van der Waals surface area contributed by atoms with Crippen molar-refractivity contribution >= 4 is 8.32 Å². The van der Waals surface area contributed by atoms with Crippen LogP contribution in [0.15, 0.2) is 0 Å². The second-order valence-electron chi connectivity index (χ2n) is 3.67. The van der Waals surface area contributed by atoms with E-state index in [0.29, 0.717) is 0 Å². The predicted octanol–water partition coefficient (Wildman–Crippen LogP) is 1.97. The standard InChI is InChI=1S/C7H16O2Si/c1-10(2,3)9-7-5-4-6-8-7/h7H,4-6H2,1-3H3. The highest BCUT2D eigenvalue weighted by molar-refractivity contribution is 6.69. The van der Waals surface area contributed by atoms with E-state index in [-0.39, 0.29) is 6.29 Å². The summed E-state index contributed by atoms with van der Waals surface area (Å²) >= 11 is 0. The molecule has 10 heavy (non-hydrogen) atoms. The first-order valence-electron chi connectivity index (χ1n) is 3.87. The molecule has 1 aliphatic heterocycles. The molecular formula is C7H16O2Si. The van der Waals surface area contributed by atoms with Gasteiger partial charge in [0, 0.05) is 6.61 Å². The molecular weight excluding hydrogens is 144 g/mol. The quantitative estimate of drug-likeness (QED) is 0.575. The number of hydrogen-bond donors (Lipinski definition) is 0. The van der Waals surface area contributed by atoms with Crippen LogP contribution in [0.3, 0.4) is 0 Å². The molecule has 2 nitrogen and oxygen atoms in total. The van der Waals surface area contributed by atoms with Crippen LogP contribution in [-0.4, -0.2) is 21.2 Å². The maximum absolute atomic E-state index is 5.72. The Kier molecular flexibility index (Phi) is 2.49. The molecule has 0 amide bonds. The molecule has 0 aromatic heterocycles. The first-order chi connectivity index (χ1) is 4.58. The Hall–Kier alpha value is 0.137. The normalized spacial score (nSPS) is 27.3. The van der Waals surface area contributed by atoms with Crippen LogP contribution in [0.25, 0.3) is 0 Å². The smallest absolute Gasteiger partial charge is 0.187 e. The number of hydrogen-bond acceptors (Lipinski definition) is 2. The van der Waals surface area contributed by atoms with Crippen molar-refractivity contribution in [2.45, 2.75) is 38.8 Å². The van der Waals surface area contributed by atoms with Crippen molar-refractivity contribution in [3.05, 3.63) is 0 Å². The summed E-state index contributed by atoms with van der Waals surface area (Å²) in [5.74, 6) is 0. The molecule has 0 saturated carbocycles. The van der Waals surface area contributed by atoms with Crippen molar-refractivity contribution in [3.63, 3.8) is 0 Å². The van der Waals surface area contributed by atoms with Crippen LogP contribution in [0.4, 0.5) is 0 Å². The lowest BCUT2D eigenvalue weighted by molar-refractivity contribution is -0.0448. The molecule has 3 heteroatoms. The first-order valence-corrected chi connectivity index (χ1v) is 7.28. The molecule has 1 unspecified atom stereocenters. The fourth-order valence-electron chi connectivity index (χ4n) is 1.04. The summed E-state index contributed by atoms with van der Waals surface area (Å²) < 4.78 is 11.1. The molecule has 1 rings (SSSR count). The van der Waals surface area contributed by atoms with Gasteiger partial charge in [-0.25, -0.2) is 0 Å². The van der Waals surface area contributed by atoms with E-state index >= 15 is 0 Å². The molecule has 0 aromatic carbocycles. The first kappa shape index (κ1) is 8.24. The third-order valence-electron chi connectivity index (χ3n) is 1.37. The molecule has 1 saturated heterocycles. The number of ether oxygens (including phenoxy) is 1. The second-order valence-corrected chi connectivity index (χ2v) is 8.13. The largest absolute Gasteiger partial charge is 0.393 e. The Morgan fingerprint density at radius 1 is 1.40 bits per heavy atom. The summed E-state index contributed by atoms with van der Waals surface area (Å²) in [5.41, 5.74) is 0. The van der Waals surface area contributed by atoms with E-state index in [2.05, 4.69) is 19.6 Å². The summed E-state index contributed by atoms with van der Waals surface area (Å²) in [4.78, 5) is 0. The van der Waals surface area contributed by atoms with E-state index in [9.17, 15) is 0 Å². The Morgan fingerprint density at radius 2 is 2.10 bits per heavy atom. The lowest BCUT2D eigenvalue weighted by atomic mass is 10.4. The van der Waals surface area contributed by atoms with Gasteiger partial charge in [-0.3, -0.25) is 0 Å². The fourth-order valence-corrected chi connectivity index (χ4v) is 2.01. The zero-order valence-electron chi connectivity index (χ0n) is 7.02. The lowest BCUT2D eigenvalue weighted by Crippen LogP contribution is -2.31. The van der Waals surface area contributed by atoms with Crippen LogP contribution < -0.4 is 0 Å². The van der Waals surface area contributed by atoms with Crippen molar-refractivity contribution in [1.29, 1.82) is 0 Å². The van der Waals surface area contributed by atoms with E-state index in [1.165, 1.54) is 0 Å². The van der Waals surface area contributed by atoms with Gasteiger partial charge in [-0.2, -0.15) is 0 Å². The zero-order chi connectivity index (χ0) is 7.61. The molecule has 0 aromatic rings. The van der Waals surface area contributed by atoms with E-state index < -0.39 is 8.32 Å². The molecule has 0 N–H and O–H groups in total. The van der Waals surface area contributed by atoms with Gasteiger partial charge in [0.05, 0.1) is 0 Å². The predicted molar refractivity (Wildman–Crippen MR) is 43.4 cm³/mol.